The Kier molecular flexibility index (Phi) is 4.88. The highest BCUT2D eigenvalue weighted by atomic mass is 35.5. The zero-order valence-corrected chi connectivity index (χ0v) is 9.62. The number of halogens is 1. The number of hydrogen-bond acceptors (Lipinski definition) is 3. The normalized spacial score (nSPS) is 12.5. The van der Waals surface area contributed by atoms with E-state index in [4.69, 9.17) is 26.2 Å². The number of ether oxygens (including phenoxy) is 2. The van der Waals surface area contributed by atoms with Gasteiger partial charge in [0.2, 0.25) is 0 Å². The summed E-state index contributed by atoms with van der Waals surface area (Å²) < 4.78 is 10.5. The molecule has 1 unspecified atom stereocenters. The Morgan fingerprint density at radius 2 is 2.20 bits per heavy atom. The lowest BCUT2D eigenvalue weighted by Gasteiger charge is -2.14. The zero-order valence-electron chi connectivity index (χ0n) is 8.87. The van der Waals surface area contributed by atoms with Crippen LogP contribution >= 0.6 is 11.6 Å². The summed E-state index contributed by atoms with van der Waals surface area (Å²) in [5, 5.41) is 9.64. The van der Waals surface area contributed by atoms with Crippen LogP contribution in [0.1, 0.15) is 12.5 Å². The average molecular weight is 231 g/mol. The average Bonchev–Trinajstić information content (AvgIpc) is 2.25. The first-order valence-electron chi connectivity index (χ1n) is 4.73. The minimum absolute atomic E-state index is 0.00974. The second-order valence-corrected chi connectivity index (χ2v) is 3.64. The van der Waals surface area contributed by atoms with E-state index in [0.717, 1.165) is 0 Å². The van der Waals surface area contributed by atoms with Crippen molar-refractivity contribution in [3.8, 4) is 5.75 Å². The summed E-state index contributed by atoms with van der Waals surface area (Å²) in [6, 6.07) is 5.29. The van der Waals surface area contributed by atoms with Crippen LogP contribution in [0.15, 0.2) is 18.2 Å². The maximum Gasteiger partial charge on any atom is 0.126 e. The fraction of sp³-hybridized carbons (Fsp3) is 0.455. The SMILES string of the molecule is COC(C)COc1cccc(Cl)c1CO. The van der Waals surface area contributed by atoms with E-state index in [1.807, 2.05) is 6.92 Å². The number of benzene rings is 1. The van der Waals surface area contributed by atoms with Crippen LogP contribution in [0.2, 0.25) is 5.02 Å². The third kappa shape index (κ3) is 3.38. The molecule has 0 aliphatic carbocycles. The standard InChI is InChI=1S/C11H15ClO3/c1-8(14-2)7-15-11-5-3-4-10(12)9(11)6-13/h3-5,8,13H,6-7H2,1-2H3. The lowest BCUT2D eigenvalue weighted by atomic mass is 10.2. The van der Waals surface area contributed by atoms with Crippen LogP contribution in [0.25, 0.3) is 0 Å². The van der Waals surface area contributed by atoms with Gasteiger partial charge in [-0.1, -0.05) is 17.7 Å². The van der Waals surface area contributed by atoms with Crippen molar-refractivity contribution in [3.05, 3.63) is 28.8 Å². The Bertz CT molecular complexity index is 315. The van der Waals surface area contributed by atoms with Gasteiger partial charge in [-0.3, -0.25) is 0 Å². The quantitative estimate of drug-likeness (QED) is 0.843. The van der Waals surface area contributed by atoms with Crippen molar-refractivity contribution in [3.63, 3.8) is 0 Å². The smallest absolute Gasteiger partial charge is 0.126 e. The largest absolute Gasteiger partial charge is 0.490 e. The molecule has 0 aliphatic heterocycles. The minimum Gasteiger partial charge on any atom is -0.490 e. The third-order valence-corrected chi connectivity index (χ3v) is 2.46. The summed E-state index contributed by atoms with van der Waals surface area (Å²) >= 11 is 5.91. The summed E-state index contributed by atoms with van der Waals surface area (Å²) in [6.07, 6.45) is 0.00974. The maximum atomic E-state index is 9.13. The van der Waals surface area contributed by atoms with E-state index in [9.17, 15) is 0 Å². The lowest BCUT2D eigenvalue weighted by Crippen LogP contribution is -2.16. The Hall–Kier alpha value is -0.770. The molecule has 0 fully saturated rings. The molecule has 0 heterocycles. The summed E-state index contributed by atoms with van der Waals surface area (Å²) in [6.45, 7) is 2.21. The molecular formula is C11H15ClO3. The molecule has 0 saturated heterocycles. The van der Waals surface area contributed by atoms with Crippen LogP contribution in [-0.4, -0.2) is 24.9 Å². The van der Waals surface area contributed by atoms with Crippen molar-refractivity contribution >= 4 is 11.6 Å². The first-order chi connectivity index (χ1) is 7.19. The van der Waals surface area contributed by atoms with Gasteiger partial charge in [-0.15, -0.1) is 0 Å². The highest BCUT2D eigenvalue weighted by Crippen LogP contribution is 2.26. The van der Waals surface area contributed by atoms with Crippen molar-refractivity contribution < 1.29 is 14.6 Å². The van der Waals surface area contributed by atoms with E-state index in [1.54, 1.807) is 25.3 Å². The molecule has 0 aromatic heterocycles. The fourth-order valence-electron chi connectivity index (χ4n) is 1.10. The van der Waals surface area contributed by atoms with Crippen LogP contribution in [0, 0.1) is 0 Å². The van der Waals surface area contributed by atoms with Crippen molar-refractivity contribution in [2.24, 2.45) is 0 Å². The van der Waals surface area contributed by atoms with Gasteiger partial charge in [0, 0.05) is 17.7 Å². The van der Waals surface area contributed by atoms with Gasteiger partial charge in [0.05, 0.1) is 12.7 Å². The number of rotatable bonds is 5. The second-order valence-electron chi connectivity index (χ2n) is 3.23. The predicted octanol–water partition coefficient (Wildman–Crippen LogP) is 2.25. The fourth-order valence-corrected chi connectivity index (χ4v) is 1.33. The molecule has 0 saturated carbocycles. The Morgan fingerprint density at radius 1 is 1.47 bits per heavy atom. The predicted molar refractivity (Wildman–Crippen MR) is 59.3 cm³/mol. The molecule has 1 aromatic carbocycles. The molecule has 1 aromatic rings. The van der Waals surface area contributed by atoms with Crippen molar-refractivity contribution in [2.75, 3.05) is 13.7 Å². The molecule has 1 rings (SSSR count). The highest BCUT2D eigenvalue weighted by molar-refractivity contribution is 6.31. The number of methoxy groups -OCH3 is 1. The molecule has 4 heteroatoms. The molecule has 3 nitrogen and oxygen atoms in total. The van der Waals surface area contributed by atoms with E-state index in [1.165, 1.54) is 0 Å². The second kappa shape index (κ2) is 5.95. The van der Waals surface area contributed by atoms with E-state index >= 15 is 0 Å². The maximum absolute atomic E-state index is 9.13. The van der Waals surface area contributed by atoms with Gasteiger partial charge in [-0.25, -0.2) is 0 Å². The zero-order chi connectivity index (χ0) is 11.3. The van der Waals surface area contributed by atoms with Crippen molar-refractivity contribution in [1.82, 2.24) is 0 Å². The van der Waals surface area contributed by atoms with Crippen LogP contribution in [-0.2, 0) is 11.3 Å². The van der Waals surface area contributed by atoms with Crippen LogP contribution < -0.4 is 4.74 Å². The van der Waals surface area contributed by atoms with E-state index in [0.29, 0.717) is 22.9 Å². The van der Waals surface area contributed by atoms with Crippen molar-refractivity contribution in [1.29, 1.82) is 0 Å². The van der Waals surface area contributed by atoms with Gasteiger partial charge in [-0.05, 0) is 19.1 Å². The van der Waals surface area contributed by atoms with Gasteiger partial charge in [-0.2, -0.15) is 0 Å². The highest BCUT2D eigenvalue weighted by Gasteiger charge is 2.08. The molecule has 0 amide bonds. The Morgan fingerprint density at radius 3 is 2.80 bits per heavy atom. The number of aliphatic hydroxyl groups excluding tert-OH is 1. The monoisotopic (exact) mass is 230 g/mol. The van der Waals surface area contributed by atoms with Gasteiger partial charge in [0.1, 0.15) is 12.4 Å². The van der Waals surface area contributed by atoms with Gasteiger partial charge in [0.15, 0.2) is 0 Å². The van der Waals surface area contributed by atoms with Crippen molar-refractivity contribution in [2.45, 2.75) is 19.6 Å². The topological polar surface area (TPSA) is 38.7 Å². The van der Waals surface area contributed by atoms with E-state index < -0.39 is 0 Å². The lowest BCUT2D eigenvalue weighted by molar-refractivity contribution is 0.0707. The van der Waals surface area contributed by atoms with Crippen LogP contribution in [0.4, 0.5) is 0 Å². The van der Waals surface area contributed by atoms with Gasteiger partial charge < -0.3 is 14.6 Å². The first kappa shape index (κ1) is 12.3. The van der Waals surface area contributed by atoms with Crippen LogP contribution in [0.3, 0.4) is 0 Å². The molecule has 0 aliphatic rings. The van der Waals surface area contributed by atoms with Crippen LogP contribution in [0.5, 0.6) is 5.75 Å². The molecular weight excluding hydrogens is 216 g/mol. The third-order valence-electron chi connectivity index (χ3n) is 2.11. The summed E-state index contributed by atoms with van der Waals surface area (Å²) in [5.74, 6) is 0.605. The summed E-state index contributed by atoms with van der Waals surface area (Å²) in [4.78, 5) is 0. The molecule has 0 radical (unpaired) electrons. The number of hydrogen-bond donors (Lipinski definition) is 1. The minimum atomic E-state index is -0.129. The van der Waals surface area contributed by atoms with Gasteiger partial charge in [0.25, 0.3) is 0 Å². The number of aliphatic hydroxyl groups is 1. The molecule has 0 spiro atoms. The van der Waals surface area contributed by atoms with E-state index in [2.05, 4.69) is 0 Å². The Labute approximate surface area is 94.6 Å². The van der Waals surface area contributed by atoms with E-state index in [-0.39, 0.29) is 12.7 Å². The molecule has 1 N–H and O–H groups in total. The summed E-state index contributed by atoms with van der Waals surface area (Å²) in [7, 11) is 1.62. The Balaban J connectivity index is 2.72. The summed E-state index contributed by atoms with van der Waals surface area (Å²) in [5.41, 5.74) is 0.613. The molecule has 0 bridgehead atoms. The first-order valence-corrected chi connectivity index (χ1v) is 5.10. The molecule has 1 atom stereocenters. The molecule has 15 heavy (non-hydrogen) atoms. The molecule has 84 valence electrons. The van der Waals surface area contributed by atoms with Gasteiger partial charge >= 0.3 is 0 Å².